The Bertz CT molecular complexity index is 218. The van der Waals surface area contributed by atoms with Crippen molar-refractivity contribution in [3.63, 3.8) is 0 Å². The van der Waals surface area contributed by atoms with Gasteiger partial charge in [0.15, 0.2) is 0 Å². The molecule has 0 aromatic heterocycles. The molecule has 0 atom stereocenters. The number of hydrogen-bond acceptors (Lipinski definition) is 1. The van der Waals surface area contributed by atoms with E-state index >= 15 is 0 Å². The minimum atomic E-state index is 0.652. The van der Waals surface area contributed by atoms with Gasteiger partial charge in [-0.05, 0) is 50.0 Å². The number of aliphatic hydroxyl groups excluding tert-OH is 1. The molecule has 0 unspecified atom stereocenters. The van der Waals surface area contributed by atoms with Crippen molar-refractivity contribution in [2.75, 3.05) is 0 Å². The van der Waals surface area contributed by atoms with Crippen LogP contribution in [0.15, 0.2) is 11.3 Å². The second kappa shape index (κ2) is 5.75. The summed E-state index contributed by atoms with van der Waals surface area (Å²) in [6.07, 6.45) is 13.6. The van der Waals surface area contributed by atoms with Crippen LogP contribution in [-0.2, 0) is 0 Å². The molecule has 2 aliphatic carbocycles. The highest BCUT2D eigenvalue weighted by molar-refractivity contribution is 5.15. The van der Waals surface area contributed by atoms with Crippen molar-refractivity contribution in [3.8, 4) is 0 Å². The monoisotopic (exact) mass is 222 g/mol. The van der Waals surface area contributed by atoms with Crippen LogP contribution in [0.3, 0.4) is 0 Å². The molecule has 0 bridgehead atoms. The average Bonchev–Trinajstić information content (AvgIpc) is 2.31. The fourth-order valence-electron chi connectivity index (χ4n) is 3.75. The summed E-state index contributed by atoms with van der Waals surface area (Å²) in [5.74, 6) is 2.07. The molecule has 92 valence electrons. The van der Waals surface area contributed by atoms with Gasteiger partial charge in [0, 0.05) is 0 Å². The van der Waals surface area contributed by atoms with E-state index in [9.17, 15) is 5.11 Å². The molecular formula is C15H26O. The largest absolute Gasteiger partial charge is 0.513 e. The van der Waals surface area contributed by atoms with Gasteiger partial charge >= 0.3 is 0 Å². The standard InChI is InChI=1S/C15H26O/c1-12(16)15(13-8-4-2-5-9-13)14-10-6-3-7-11-14/h13-14,16H,2-11H2,1H3. The lowest BCUT2D eigenvalue weighted by molar-refractivity contribution is 0.295. The van der Waals surface area contributed by atoms with E-state index in [1.807, 2.05) is 6.92 Å². The van der Waals surface area contributed by atoms with E-state index in [0.29, 0.717) is 17.6 Å². The minimum Gasteiger partial charge on any atom is -0.513 e. The topological polar surface area (TPSA) is 20.2 Å². The Hall–Kier alpha value is -0.460. The first-order valence-electron chi connectivity index (χ1n) is 7.18. The van der Waals surface area contributed by atoms with Crippen LogP contribution >= 0.6 is 0 Å². The second-order valence-electron chi connectivity index (χ2n) is 5.71. The lowest BCUT2D eigenvalue weighted by Gasteiger charge is -2.32. The van der Waals surface area contributed by atoms with Crippen molar-refractivity contribution in [3.05, 3.63) is 11.3 Å². The third kappa shape index (κ3) is 2.81. The van der Waals surface area contributed by atoms with Crippen molar-refractivity contribution in [1.82, 2.24) is 0 Å². The number of allylic oxidation sites excluding steroid dienone is 2. The molecule has 1 nitrogen and oxygen atoms in total. The molecule has 1 N–H and O–H groups in total. The SMILES string of the molecule is CC(O)=C(C1CCCCC1)C1CCCCC1. The fourth-order valence-corrected chi connectivity index (χ4v) is 3.75. The van der Waals surface area contributed by atoms with E-state index in [0.717, 1.165) is 0 Å². The van der Waals surface area contributed by atoms with Gasteiger partial charge in [0.1, 0.15) is 0 Å². The third-order valence-corrected chi connectivity index (χ3v) is 4.51. The van der Waals surface area contributed by atoms with E-state index in [-0.39, 0.29) is 0 Å². The van der Waals surface area contributed by atoms with Crippen molar-refractivity contribution in [2.45, 2.75) is 71.1 Å². The Morgan fingerprint density at radius 1 is 0.750 bits per heavy atom. The van der Waals surface area contributed by atoms with Crippen LogP contribution in [0.25, 0.3) is 0 Å². The summed E-state index contributed by atoms with van der Waals surface area (Å²) in [5, 5.41) is 10.00. The molecule has 0 aromatic carbocycles. The maximum absolute atomic E-state index is 10.00. The van der Waals surface area contributed by atoms with Gasteiger partial charge in [0.25, 0.3) is 0 Å². The van der Waals surface area contributed by atoms with Crippen LogP contribution in [0.1, 0.15) is 71.1 Å². The van der Waals surface area contributed by atoms with Crippen LogP contribution in [0, 0.1) is 11.8 Å². The third-order valence-electron chi connectivity index (χ3n) is 4.51. The summed E-state index contributed by atoms with van der Waals surface area (Å²) in [6.45, 7) is 1.92. The van der Waals surface area contributed by atoms with Crippen LogP contribution in [0.4, 0.5) is 0 Å². The molecule has 16 heavy (non-hydrogen) atoms. The molecule has 0 heterocycles. The molecular weight excluding hydrogens is 196 g/mol. The average molecular weight is 222 g/mol. The zero-order valence-corrected chi connectivity index (χ0v) is 10.7. The van der Waals surface area contributed by atoms with Crippen LogP contribution in [0.2, 0.25) is 0 Å². The smallest absolute Gasteiger partial charge is 0.0889 e. The Morgan fingerprint density at radius 2 is 1.12 bits per heavy atom. The van der Waals surface area contributed by atoms with E-state index in [1.54, 1.807) is 0 Å². The van der Waals surface area contributed by atoms with Crippen molar-refractivity contribution in [2.24, 2.45) is 11.8 Å². The first-order chi connectivity index (χ1) is 7.79. The molecule has 2 rings (SSSR count). The fraction of sp³-hybridized carbons (Fsp3) is 0.867. The van der Waals surface area contributed by atoms with E-state index in [2.05, 4.69) is 0 Å². The minimum absolute atomic E-state index is 0.652. The van der Waals surface area contributed by atoms with E-state index in [1.165, 1.54) is 69.8 Å². The molecule has 2 aliphatic rings. The summed E-state index contributed by atoms with van der Waals surface area (Å²) >= 11 is 0. The van der Waals surface area contributed by atoms with Gasteiger partial charge < -0.3 is 5.11 Å². The van der Waals surface area contributed by atoms with Crippen molar-refractivity contribution >= 4 is 0 Å². The summed E-state index contributed by atoms with van der Waals surface area (Å²) in [7, 11) is 0. The molecule has 0 spiro atoms. The quantitative estimate of drug-likeness (QED) is 0.653. The predicted octanol–water partition coefficient (Wildman–Crippen LogP) is 4.98. The molecule has 0 aromatic rings. The van der Waals surface area contributed by atoms with Crippen molar-refractivity contribution in [1.29, 1.82) is 0 Å². The maximum Gasteiger partial charge on any atom is 0.0889 e. The van der Waals surface area contributed by atoms with Gasteiger partial charge in [-0.25, -0.2) is 0 Å². The Labute approximate surface area is 99.9 Å². The van der Waals surface area contributed by atoms with Gasteiger partial charge in [0.05, 0.1) is 5.76 Å². The highest BCUT2D eigenvalue weighted by Gasteiger charge is 2.27. The Morgan fingerprint density at radius 3 is 1.44 bits per heavy atom. The Kier molecular flexibility index (Phi) is 4.31. The highest BCUT2D eigenvalue weighted by Crippen LogP contribution is 2.40. The first-order valence-corrected chi connectivity index (χ1v) is 7.18. The maximum atomic E-state index is 10.00. The van der Waals surface area contributed by atoms with E-state index < -0.39 is 0 Å². The molecule has 0 amide bonds. The lowest BCUT2D eigenvalue weighted by Crippen LogP contribution is -2.20. The van der Waals surface area contributed by atoms with E-state index in [4.69, 9.17) is 0 Å². The van der Waals surface area contributed by atoms with Gasteiger partial charge in [-0.1, -0.05) is 38.5 Å². The molecule has 0 saturated heterocycles. The van der Waals surface area contributed by atoms with Gasteiger partial charge in [0.2, 0.25) is 0 Å². The molecule has 2 fully saturated rings. The summed E-state index contributed by atoms with van der Waals surface area (Å²) in [5.41, 5.74) is 1.44. The van der Waals surface area contributed by atoms with Crippen LogP contribution in [-0.4, -0.2) is 5.11 Å². The summed E-state index contributed by atoms with van der Waals surface area (Å²) in [4.78, 5) is 0. The molecule has 0 aliphatic heterocycles. The predicted molar refractivity (Wildman–Crippen MR) is 68.5 cm³/mol. The van der Waals surface area contributed by atoms with Gasteiger partial charge in [-0.15, -0.1) is 0 Å². The number of aliphatic hydroxyl groups is 1. The van der Waals surface area contributed by atoms with Gasteiger partial charge in [-0.3, -0.25) is 0 Å². The van der Waals surface area contributed by atoms with Crippen molar-refractivity contribution < 1.29 is 5.11 Å². The number of hydrogen-bond donors (Lipinski definition) is 1. The summed E-state index contributed by atoms with van der Waals surface area (Å²) < 4.78 is 0. The number of rotatable bonds is 2. The zero-order chi connectivity index (χ0) is 11.4. The molecule has 1 heteroatoms. The summed E-state index contributed by atoms with van der Waals surface area (Å²) in [6, 6.07) is 0. The first kappa shape index (κ1) is 12.0. The highest BCUT2D eigenvalue weighted by atomic mass is 16.3. The van der Waals surface area contributed by atoms with Crippen LogP contribution in [0.5, 0.6) is 0 Å². The normalized spacial score (nSPS) is 24.3. The molecule has 0 radical (unpaired) electrons. The second-order valence-corrected chi connectivity index (χ2v) is 5.71. The Balaban J connectivity index is 2.06. The van der Waals surface area contributed by atoms with Crippen LogP contribution < -0.4 is 0 Å². The lowest BCUT2D eigenvalue weighted by atomic mass is 9.73. The van der Waals surface area contributed by atoms with Gasteiger partial charge in [-0.2, -0.15) is 0 Å². The zero-order valence-electron chi connectivity index (χ0n) is 10.7. The molecule has 2 saturated carbocycles.